The molecule has 34 heavy (non-hydrogen) atoms. The van der Waals surface area contributed by atoms with Crippen LogP contribution in [-0.2, 0) is 10.2 Å². The summed E-state index contributed by atoms with van der Waals surface area (Å²) < 4.78 is 0. The predicted molar refractivity (Wildman–Crippen MR) is 145 cm³/mol. The van der Waals surface area contributed by atoms with Crippen LogP contribution in [0.2, 0.25) is 0 Å². The van der Waals surface area contributed by atoms with Crippen molar-refractivity contribution in [2.75, 3.05) is 6.54 Å². The first-order chi connectivity index (χ1) is 16.6. The van der Waals surface area contributed by atoms with E-state index in [-0.39, 0.29) is 17.8 Å². The zero-order valence-electron chi connectivity index (χ0n) is 21.9. The number of allylic oxidation sites excluding steroid dienone is 2. The van der Waals surface area contributed by atoms with Crippen LogP contribution < -0.4 is 5.73 Å². The lowest BCUT2D eigenvalue weighted by Crippen LogP contribution is -2.35. The fourth-order valence-corrected chi connectivity index (χ4v) is 6.19. The van der Waals surface area contributed by atoms with Gasteiger partial charge in [0.1, 0.15) is 0 Å². The van der Waals surface area contributed by atoms with E-state index in [9.17, 15) is 9.90 Å². The Labute approximate surface area is 209 Å². The molecule has 2 rings (SSSR count). The van der Waals surface area contributed by atoms with Gasteiger partial charge in [0.25, 0.3) is 0 Å². The second-order valence-electron chi connectivity index (χ2n) is 10.7. The number of benzene rings is 1. The predicted octanol–water partition coefficient (Wildman–Crippen LogP) is 8.42. The molecular weight excluding hydrogens is 418 g/mol. The molecule has 1 aliphatic rings. The summed E-state index contributed by atoms with van der Waals surface area (Å²) in [5.74, 6) is -0.0489. The normalized spacial score (nSPS) is 17.6. The lowest BCUT2D eigenvalue weighted by molar-refractivity contribution is -0.138. The van der Waals surface area contributed by atoms with Crippen molar-refractivity contribution in [2.24, 2.45) is 17.6 Å². The molecule has 0 heterocycles. The highest BCUT2D eigenvalue weighted by atomic mass is 16.4. The van der Waals surface area contributed by atoms with Crippen LogP contribution in [0.25, 0.3) is 0 Å². The van der Waals surface area contributed by atoms with E-state index >= 15 is 0 Å². The quantitative estimate of drug-likeness (QED) is 0.167. The molecule has 3 N–H and O–H groups in total. The Morgan fingerprint density at radius 3 is 2.24 bits per heavy atom. The van der Waals surface area contributed by atoms with E-state index in [2.05, 4.69) is 49.4 Å². The number of carboxylic acid groups (broad SMARTS) is 1. The zero-order chi connectivity index (χ0) is 24.5. The summed E-state index contributed by atoms with van der Waals surface area (Å²) in [6.45, 7) is 2.90. The third-order valence-corrected chi connectivity index (χ3v) is 8.08. The fourth-order valence-electron chi connectivity index (χ4n) is 6.19. The van der Waals surface area contributed by atoms with Crippen molar-refractivity contribution in [1.29, 1.82) is 0 Å². The minimum Gasteiger partial charge on any atom is -0.481 e. The highest BCUT2D eigenvalue weighted by Crippen LogP contribution is 2.46. The number of hydrogen-bond acceptors (Lipinski definition) is 2. The monoisotopic (exact) mass is 469 g/mol. The van der Waals surface area contributed by atoms with E-state index in [4.69, 9.17) is 5.73 Å². The molecule has 0 amide bonds. The molecule has 0 saturated heterocycles. The van der Waals surface area contributed by atoms with E-state index in [1.165, 1.54) is 82.6 Å². The Morgan fingerprint density at radius 1 is 0.941 bits per heavy atom. The van der Waals surface area contributed by atoms with Crippen molar-refractivity contribution in [3.05, 3.63) is 48.0 Å². The molecule has 0 unspecified atom stereocenters. The molecule has 1 aliphatic carbocycles. The summed E-state index contributed by atoms with van der Waals surface area (Å²) >= 11 is 0. The average molecular weight is 470 g/mol. The van der Waals surface area contributed by atoms with Crippen LogP contribution in [0.3, 0.4) is 0 Å². The molecule has 1 aromatic carbocycles. The number of nitrogens with two attached hydrogens (primary N) is 1. The molecule has 0 aliphatic heterocycles. The summed E-state index contributed by atoms with van der Waals surface area (Å²) in [6.07, 6.45) is 24.2. The fraction of sp³-hybridized carbons (Fsp3) is 0.710. The van der Waals surface area contributed by atoms with Crippen LogP contribution in [0.1, 0.15) is 122 Å². The topological polar surface area (TPSA) is 63.3 Å². The van der Waals surface area contributed by atoms with Crippen molar-refractivity contribution in [2.45, 2.75) is 121 Å². The molecular formula is C31H51NO2. The summed E-state index contributed by atoms with van der Waals surface area (Å²) in [6, 6.07) is 10.9. The molecule has 1 saturated carbocycles. The van der Waals surface area contributed by atoms with Crippen LogP contribution >= 0.6 is 0 Å². The molecule has 192 valence electrons. The molecule has 0 aromatic heterocycles. The van der Waals surface area contributed by atoms with Crippen LogP contribution in [0.5, 0.6) is 0 Å². The van der Waals surface area contributed by atoms with Gasteiger partial charge in [-0.2, -0.15) is 0 Å². The Kier molecular flexibility index (Phi) is 14.2. The highest BCUT2D eigenvalue weighted by Gasteiger charge is 2.38. The zero-order valence-corrected chi connectivity index (χ0v) is 21.9. The van der Waals surface area contributed by atoms with E-state index in [1.54, 1.807) is 0 Å². The number of hydrogen-bond donors (Lipinski definition) is 2. The molecule has 0 bridgehead atoms. The number of carbonyl (C=O) groups is 1. The maximum Gasteiger partial charge on any atom is 0.303 e. The second-order valence-corrected chi connectivity index (χ2v) is 10.7. The molecule has 0 radical (unpaired) electrons. The first kappa shape index (κ1) is 28.6. The van der Waals surface area contributed by atoms with E-state index < -0.39 is 5.97 Å². The van der Waals surface area contributed by atoms with Gasteiger partial charge in [0.05, 0.1) is 0 Å². The van der Waals surface area contributed by atoms with Gasteiger partial charge in [-0.3, -0.25) is 4.79 Å². The smallest absolute Gasteiger partial charge is 0.303 e. The van der Waals surface area contributed by atoms with Gasteiger partial charge in [-0.15, -0.1) is 0 Å². The number of rotatable bonds is 18. The second kappa shape index (κ2) is 16.9. The summed E-state index contributed by atoms with van der Waals surface area (Å²) in [4.78, 5) is 11.9. The third-order valence-electron chi connectivity index (χ3n) is 8.08. The minimum absolute atomic E-state index is 0.132. The lowest BCUT2D eigenvalue weighted by atomic mass is 9.62. The SMILES string of the molecule is CCCCCC/C=C\CCCC[C@H](CCN)[C@H](CC(=O)O)CC1(c2ccccc2)CCCCC1. The Morgan fingerprint density at radius 2 is 1.62 bits per heavy atom. The van der Waals surface area contributed by atoms with Gasteiger partial charge in [0.15, 0.2) is 0 Å². The lowest BCUT2D eigenvalue weighted by Gasteiger charge is -2.42. The first-order valence-corrected chi connectivity index (χ1v) is 14.2. The maximum atomic E-state index is 11.9. The van der Waals surface area contributed by atoms with Crippen LogP contribution in [0, 0.1) is 11.8 Å². The van der Waals surface area contributed by atoms with Gasteiger partial charge < -0.3 is 10.8 Å². The largest absolute Gasteiger partial charge is 0.481 e. The van der Waals surface area contributed by atoms with Crippen LogP contribution in [0.15, 0.2) is 42.5 Å². The van der Waals surface area contributed by atoms with E-state index in [0.717, 1.165) is 25.7 Å². The third kappa shape index (κ3) is 10.3. The number of unbranched alkanes of at least 4 members (excludes halogenated alkanes) is 6. The van der Waals surface area contributed by atoms with Gasteiger partial charge in [-0.25, -0.2) is 0 Å². The molecule has 1 fully saturated rings. The van der Waals surface area contributed by atoms with Gasteiger partial charge in [0, 0.05) is 6.42 Å². The Bertz CT molecular complexity index is 678. The summed E-state index contributed by atoms with van der Waals surface area (Å²) in [7, 11) is 0. The standard InChI is InChI=1S/C31H51NO2/c1-2-3-4-5-6-7-8-9-10-13-18-27(21-24-32)28(25-30(33)34)26-31(22-16-12-17-23-31)29-19-14-11-15-20-29/h7-8,11,14-15,19-20,27-28H,2-6,9-10,12-13,16-18,21-26,32H2,1H3,(H,33,34)/b8-7-/t27-,28-/m1/s1. The molecule has 0 spiro atoms. The van der Waals surface area contributed by atoms with Gasteiger partial charge in [0.2, 0.25) is 0 Å². The molecule has 3 heteroatoms. The number of aliphatic carboxylic acids is 1. The summed E-state index contributed by atoms with van der Waals surface area (Å²) in [5.41, 5.74) is 7.59. The van der Waals surface area contributed by atoms with Gasteiger partial charge in [-0.1, -0.05) is 101 Å². The van der Waals surface area contributed by atoms with Gasteiger partial charge in [-0.05, 0) is 80.7 Å². The number of carboxylic acids is 1. The van der Waals surface area contributed by atoms with Crippen molar-refractivity contribution in [1.82, 2.24) is 0 Å². The van der Waals surface area contributed by atoms with E-state index in [0.29, 0.717) is 12.5 Å². The summed E-state index contributed by atoms with van der Waals surface area (Å²) in [5, 5.41) is 9.79. The van der Waals surface area contributed by atoms with E-state index in [1.807, 2.05) is 0 Å². The maximum absolute atomic E-state index is 11.9. The Balaban J connectivity index is 1.97. The molecule has 1 aromatic rings. The van der Waals surface area contributed by atoms with Crippen molar-refractivity contribution in [3.63, 3.8) is 0 Å². The van der Waals surface area contributed by atoms with Crippen molar-refractivity contribution < 1.29 is 9.90 Å². The minimum atomic E-state index is -0.656. The average Bonchev–Trinajstić information content (AvgIpc) is 2.85. The molecule has 2 atom stereocenters. The van der Waals surface area contributed by atoms with Gasteiger partial charge >= 0.3 is 5.97 Å². The van der Waals surface area contributed by atoms with Crippen molar-refractivity contribution >= 4 is 5.97 Å². The van der Waals surface area contributed by atoms with Crippen LogP contribution in [-0.4, -0.2) is 17.6 Å². The first-order valence-electron chi connectivity index (χ1n) is 14.2. The highest BCUT2D eigenvalue weighted by molar-refractivity contribution is 5.67. The molecule has 3 nitrogen and oxygen atoms in total. The van der Waals surface area contributed by atoms with Crippen LogP contribution in [0.4, 0.5) is 0 Å². The van der Waals surface area contributed by atoms with Crippen molar-refractivity contribution in [3.8, 4) is 0 Å². The Hall–Kier alpha value is -1.61.